The molecule has 1 nitrogen and oxygen atoms in total. The monoisotopic (exact) mass is 198 g/mol. The third-order valence-corrected chi connectivity index (χ3v) is 1.98. The van der Waals surface area contributed by atoms with E-state index >= 15 is 0 Å². The van der Waals surface area contributed by atoms with Crippen LogP contribution in [-0.2, 0) is 4.74 Å². The fourth-order valence-corrected chi connectivity index (χ4v) is 1.18. The van der Waals surface area contributed by atoms with E-state index < -0.39 is 0 Å². The molecule has 0 aromatic heterocycles. The first kappa shape index (κ1) is 11.5. The number of unbranched alkanes of at least 4 members (excludes halogenated alkanes) is 1. The molecule has 0 heterocycles. The molecule has 0 aromatic carbocycles. The predicted octanol–water partition coefficient (Wildman–Crippen LogP) is 3.04. The first-order valence-electron chi connectivity index (χ1n) is 4.08. The van der Waals surface area contributed by atoms with Crippen LogP contribution in [0.1, 0.15) is 26.2 Å². The summed E-state index contributed by atoms with van der Waals surface area (Å²) in [6.45, 7) is 2.77. The van der Waals surface area contributed by atoms with Crippen LogP contribution in [0.25, 0.3) is 0 Å². The smallest absolute Gasteiger partial charge is 0.0710 e. The van der Waals surface area contributed by atoms with Crippen LogP contribution in [0.15, 0.2) is 0 Å². The van der Waals surface area contributed by atoms with E-state index in [4.69, 9.17) is 27.9 Å². The van der Waals surface area contributed by atoms with Crippen LogP contribution < -0.4 is 0 Å². The van der Waals surface area contributed by atoms with Gasteiger partial charge in [-0.3, -0.25) is 0 Å². The van der Waals surface area contributed by atoms with Crippen LogP contribution in [-0.4, -0.2) is 24.5 Å². The minimum atomic E-state index is 0.204. The molecule has 11 heavy (non-hydrogen) atoms. The maximum absolute atomic E-state index is 5.67. The van der Waals surface area contributed by atoms with Crippen molar-refractivity contribution in [3.05, 3.63) is 0 Å². The highest BCUT2D eigenvalue weighted by atomic mass is 35.5. The van der Waals surface area contributed by atoms with Gasteiger partial charge in [-0.2, -0.15) is 0 Å². The highest BCUT2D eigenvalue weighted by Gasteiger charge is 2.05. The molecule has 0 aliphatic carbocycles. The Morgan fingerprint density at radius 3 is 2.55 bits per heavy atom. The van der Waals surface area contributed by atoms with Crippen molar-refractivity contribution >= 4 is 23.2 Å². The van der Waals surface area contributed by atoms with E-state index in [1.165, 1.54) is 12.8 Å². The van der Waals surface area contributed by atoms with Crippen molar-refractivity contribution in [2.24, 2.45) is 0 Å². The third kappa shape index (κ3) is 6.92. The van der Waals surface area contributed by atoms with Gasteiger partial charge in [0.2, 0.25) is 0 Å². The Morgan fingerprint density at radius 2 is 2.09 bits per heavy atom. The van der Waals surface area contributed by atoms with Crippen molar-refractivity contribution in [3.8, 4) is 0 Å². The standard InChI is InChI=1S/C8H16Cl2O/c1-2-3-4-8(7-10)11-6-5-9/h8H,2-7H2,1H3. The van der Waals surface area contributed by atoms with Crippen molar-refractivity contribution in [2.45, 2.75) is 32.3 Å². The van der Waals surface area contributed by atoms with E-state index in [0.717, 1.165) is 6.42 Å². The zero-order valence-corrected chi connectivity index (χ0v) is 8.50. The lowest BCUT2D eigenvalue weighted by Crippen LogP contribution is -2.15. The van der Waals surface area contributed by atoms with Gasteiger partial charge < -0.3 is 4.74 Å². The van der Waals surface area contributed by atoms with E-state index in [1.807, 2.05) is 0 Å². The van der Waals surface area contributed by atoms with Gasteiger partial charge in [0.05, 0.1) is 12.7 Å². The summed E-state index contributed by atoms with van der Waals surface area (Å²) in [6.07, 6.45) is 3.63. The molecule has 0 aromatic rings. The molecule has 0 rings (SSSR count). The van der Waals surface area contributed by atoms with E-state index in [9.17, 15) is 0 Å². The van der Waals surface area contributed by atoms with Gasteiger partial charge in [0, 0.05) is 11.8 Å². The van der Waals surface area contributed by atoms with Crippen molar-refractivity contribution in [1.29, 1.82) is 0 Å². The molecular formula is C8H16Cl2O. The van der Waals surface area contributed by atoms with Gasteiger partial charge in [-0.1, -0.05) is 19.8 Å². The largest absolute Gasteiger partial charge is 0.376 e. The molecule has 0 radical (unpaired) electrons. The average molecular weight is 199 g/mol. The second-order valence-electron chi connectivity index (χ2n) is 2.48. The maximum Gasteiger partial charge on any atom is 0.0710 e. The van der Waals surface area contributed by atoms with Crippen molar-refractivity contribution in [1.82, 2.24) is 0 Å². The number of halogens is 2. The molecular weight excluding hydrogens is 183 g/mol. The summed E-state index contributed by atoms with van der Waals surface area (Å²) in [5, 5.41) is 0. The first-order valence-corrected chi connectivity index (χ1v) is 5.15. The van der Waals surface area contributed by atoms with Crippen molar-refractivity contribution in [3.63, 3.8) is 0 Å². The number of hydrogen-bond acceptors (Lipinski definition) is 1. The Morgan fingerprint density at radius 1 is 1.36 bits per heavy atom. The molecule has 0 amide bonds. The minimum Gasteiger partial charge on any atom is -0.376 e. The van der Waals surface area contributed by atoms with Crippen LogP contribution in [0.5, 0.6) is 0 Å². The molecule has 0 fully saturated rings. The van der Waals surface area contributed by atoms with Crippen molar-refractivity contribution < 1.29 is 4.74 Å². The van der Waals surface area contributed by atoms with Crippen molar-refractivity contribution in [2.75, 3.05) is 18.4 Å². The van der Waals surface area contributed by atoms with E-state index in [0.29, 0.717) is 18.4 Å². The number of ether oxygens (including phenoxy) is 1. The highest BCUT2D eigenvalue weighted by molar-refractivity contribution is 6.18. The van der Waals surface area contributed by atoms with Gasteiger partial charge in [-0.25, -0.2) is 0 Å². The van der Waals surface area contributed by atoms with Crippen LogP contribution in [0, 0.1) is 0 Å². The SMILES string of the molecule is CCCCC(CCl)OCCCl. The topological polar surface area (TPSA) is 9.23 Å². The van der Waals surface area contributed by atoms with Gasteiger partial charge in [0.25, 0.3) is 0 Å². The lowest BCUT2D eigenvalue weighted by atomic mass is 10.2. The predicted molar refractivity (Wildman–Crippen MR) is 50.7 cm³/mol. The summed E-state index contributed by atoms with van der Waals surface area (Å²) in [4.78, 5) is 0. The Kier molecular flexibility index (Phi) is 9.06. The zero-order chi connectivity index (χ0) is 8.53. The van der Waals surface area contributed by atoms with E-state index in [1.54, 1.807) is 0 Å². The average Bonchev–Trinajstić information content (AvgIpc) is 2.05. The van der Waals surface area contributed by atoms with Gasteiger partial charge in [0.1, 0.15) is 0 Å². The Labute approximate surface area is 79.0 Å². The van der Waals surface area contributed by atoms with E-state index in [2.05, 4.69) is 6.92 Å². The number of rotatable bonds is 7. The third-order valence-electron chi connectivity index (χ3n) is 1.48. The van der Waals surface area contributed by atoms with Crippen LogP contribution >= 0.6 is 23.2 Å². The molecule has 0 bridgehead atoms. The Bertz CT molecular complexity index is 70.5. The molecule has 1 unspecified atom stereocenters. The molecule has 0 aliphatic rings. The van der Waals surface area contributed by atoms with Crippen LogP contribution in [0.4, 0.5) is 0 Å². The first-order chi connectivity index (χ1) is 5.35. The quantitative estimate of drug-likeness (QED) is 0.572. The summed E-state index contributed by atoms with van der Waals surface area (Å²) in [7, 11) is 0. The Hall–Kier alpha value is 0.540. The second-order valence-corrected chi connectivity index (χ2v) is 3.16. The molecule has 0 saturated heterocycles. The van der Waals surface area contributed by atoms with Gasteiger partial charge >= 0.3 is 0 Å². The van der Waals surface area contributed by atoms with Gasteiger partial charge in [0.15, 0.2) is 0 Å². The molecule has 0 N–H and O–H groups in total. The fourth-order valence-electron chi connectivity index (χ4n) is 0.848. The molecule has 0 spiro atoms. The van der Waals surface area contributed by atoms with Crippen LogP contribution in [0.2, 0.25) is 0 Å². The summed E-state index contributed by atoms with van der Waals surface area (Å²) in [5.41, 5.74) is 0. The second kappa shape index (κ2) is 8.63. The summed E-state index contributed by atoms with van der Waals surface area (Å²) in [5.74, 6) is 1.14. The van der Waals surface area contributed by atoms with E-state index in [-0.39, 0.29) is 6.10 Å². The molecule has 0 saturated carbocycles. The summed E-state index contributed by atoms with van der Waals surface area (Å²) < 4.78 is 5.38. The highest BCUT2D eigenvalue weighted by Crippen LogP contribution is 2.06. The molecule has 0 aliphatic heterocycles. The fraction of sp³-hybridized carbons (Fsp3) is 1.00. The minimum absolute atomic E-state index is 0.204. The maximum atomic E-state index is 5.67. The Balaban J connectivity index is 3.25. The zero-order valence-electron chi connectivity index (χ0n) is 6.98. The molecule has 68 valence electrons. The lowest BCUT2D eigenvalue weighted by molar-refractivity contribution is 0.0725. The normalized spacial score (nSPS) is 13.4. The van der Waals surface area contributed by atoms with Crippen LogP contribution in [0.3, 0.4) is 0 Å². The summed E-state index contributed by atoms with van der Waals surface area (Å²) in [6, 6.07) is 0. The molecule has 1 atom stereocenters. The van der Waals surface area contributed by atoms with Gasteiger partial charge in [-0.05, 0) is 6.42 Å². The lowest BCUT2D eigenvalue weighted by Gasteiger charge is -2.13. The number of alkyl halides is 2. The summed E-state index contributed by atoms with van der Waals surface area (Å²) >= 11 is 11.1. The molecule has 3 heteroatoms. The van der Waals surface area contributed by atoms with Gasteiger partial charge in [-0.15, -0.1) is 23.2 Å². The number of hydrogen-bond donors (Lipinski definition) is 0.